The van der Waals surface area contributed by atoms with Crippen LogP contribution in [0.3, 0.4) is 0 Å². The number of methoxy groups -OCH3 is 2. The first kappa shape index (κ1) is 24.1. The summed E-state index contributed by atoms with van der Waals surface area (Å²) in [5, 5.41) is 3.54. The van der Waals surface area contributed by atoms with Crippen LogP contribution in [0.5, 0.6) is 11.5 Å². The molecular formula is C20H24Cl2N2O5S. The fraction of sp³-hybridized carbons (Fsp3) is 0.350. The number of carbonyl (C=O) groups is 1. The smallest absolute Gasteiger partial charge is 0.232 e. The van der Waals surface area contributed by atoms with E-state index in [1.807, 2.05) is 0 Å². The van der Waals surface area contributed by atoms with Crippen molar-refractivity contribution in [1.82, 2.24) is 0 Å². The lowest BCUT2D eigenvalue weighted by Gasteiger charge is -2.24. The highest BCUT2D eigenvalue weighted by atomic mass is 35.5. The maximum Gasteiger partial charge on any atom is 0.232 e. The monoisotopic (exact) mass is 474 g/mol. The molecule has 0 aromatic heterocycles. The zero-order chi connectivity index (χ0) is 22.5. The minimum absolute atomic E-state index is 0.0970. The molecule has 0 unspecified atom stereocenters. The SMILES string of the molecule is COc1cc(NC(=O)CCCN(c2cc(Cl)ccc2C)S(C)(=O)=O)c(OC)cc1Cl. The van der Waals surface area contributed by atoms with Gasteiger partial charge in [-0.2, -0.15) is 0 Å². The molecule has 0 bridgehead atoms. The van der Waals surface area contributed by atoms with Gasteiger partial charge < -0.3 is 14.8 Å². The highest BCUT2D eigenvalue weighted by molar-refractivity contribution is 7.92. The van der Waals surface area contributed by atoms with E-state index < -0.39 is 10.0 Å². The maximum atomic E-state index is 12.4. The van der Waals surface area contributed by atoms with Gasteiger partial charge in [-0.15, -0.1) is 0 Å². The fourth-order valence-electron chi connectivity index (χ4n) is 2.87. The number of aryl methyl sites for hydroxylation is 1. The molecule has 0 aliphatic rings. The molecule has 2 rings (SSSR count). The zero-order valence-electron chi connectivity index (χ0n) is 17.2. The number of halogens is 2. The summed E-state index contributed by atoms with van der Waals surface area (Å²) in [6.45, 7) is 1.94. The molecule has 1 amide bonds. The molecule has 30 heavy (non-hydrogen) atoms. The number of amides is 1. The van der Waals surface area contributed by atoms with Gasteiger partial charge in [-0.25, -0.2) is 8.42 Å². The van der Waals surface area contributed by atoms with Gasteiger partial charge >= 0.3 is 0 Å². The number of anilines is 2. The van der Waals surface area contributed by atoms with E-state index in [0.717, 1.165) is 11.8 Å². The second kappa shape index (κ2) is 10.2. The van der Waals surface area contributed by atoms with Crippen molar-refractivity contribution in [2.45, 2.75) is 19.8 Å². The lowest BCUT2D eigenvalue weighted by molar-refractivity contribution is -0.116. The Labute approximate surface area is 186 Å². The van der Waals surface area contributed by atoms with Gasteiger partial charge in [0.1, 0.15) is 11.5 Å². The van der Waals surface area contributed by atoms with E-state index in [0.29, 0.717) is 39.3 Å². The summed E-state index contributed by atoms with van der Waals surface area (Å²) in [7, 11) is -0.614. The first-order valence-corrected chi connectivity index (χ1v) is 11.6. The van der Waals surface area contributed by atoms with Crippen LogP contribution in [-0.4, -0.2) is 41.3 Å². The third kappa shape index (κ3) is 6.17. The van der Waals surface area contributed by atoms with E-state index >= 15 is 0 Å². The van der Waals surface area contributed by atoms with Crippen molar-refractivity contribution in [2.75, 3.05) is 36.6 Å². The summed E-state index contributed by atoms with van der Waals surface area (Å²) in [5.41, 5.74) is 1.68. The van der Waals surface area contributed by atoms with Crippen LogP contribution in [0.2, 0.25) is 10.0 Å². The van der Waals surface area contributed by atoms with Crippen LogP contribution in [0.25, 0.3) is 0 Å². The Bertz CT molecular complexity index is 1030. The molecule has 0 saturated carbocycles. The van der Waals surface area contributed by atoms with Crippen LogP contribution in [0.1, 0.15) is 18.4 Å². The molecule has 0 heterocycles. The summed E-state index contributed by atoms with van der Waals surface area (Å²) in [5.74, 6) is 0.489. The molecule has 7 nitrogen and oxygen atoms in total. The van der Waals surface area contributed by atoms with Crippen molar-refractivity contribution < 1.29 is 22.7 Å². The third-order valence-corrected chi connectivity index (χ3v) is 6.06. The molecule has 0 radical (unpaired) electrons. The average Bonchev–Trinajstić information content (AvgIpc) is 2.67. The first-order chi connectivity index (χ1) is 14.1. The van der Waals surface area contributed by atoms with Crippen molar-refractivity contribution >= 4 is 50.5 Å². The quantitative estimate of drug-likeness (QED) is 0.577. The number of benzene rings is 2. The molecule has 0 aliphatic heterocycles. The fourth-order valence-corrected chi connectivity index (χ4v) is 4.28. The minimum Gasteiger partial charge on any atom is -0.495 e. The molecule has 1 N–H and O–H groups in total. The predicted molar refractivity (Wildman–Crippen MR) is 121 cm³/mol. The van der Waals surface area contributed by atoms with Gasteiger partial charge in [-0.1, -0.05) is 29.3 Å². The maximum absolute atomic E-state index is 12.4. The average molecular weight is 475 g/mol. The molecule has 2 aromatic rings. The highest BCUT2D eigenvalue weighted by Crippen LogP contribution is 2.36. The molecule has 0 spiro atoms. The lowest BCUT2D eigenvalue weighted by atomic mass is 10.2. The molecule has 164 valence electrons. The highest BCUT2D eigenvalue weighted by Gasteiger charge is 2.20. The Morgan fingerprint density at radius 1 is 1.10 bits per heavy atom. The van der Waals surface area contributed by atoms with E-state index in [4.69, 9.17) is 32.7 Å². The molecule has 0 saturated heterocycles. The summed E-state index contributed by atoms with van der Waals surface area (Å²) in [4.78, 5) is 12.4. The van der Waals surface area contributed by atoms with Gasteiger partial charge in [0.05, 0.1) is 36.9 Å². The number of hydrogen-bond acceptors (Lipinski definition) is 5. The summed E-state index contributed by atoms with van der Waals surface area (Å²) in [6.07, 6.45) is 1.52. The summed E-state index contributed by atoms with van der Waals surface area (Å²) >= 11 is 12.1. The number of rotatable bonds is 9. The molecule has 2 aromatic carbocycles. The van der Waals surface area contributed by atoms with Crippen LogP contribution in [0.15, 0.2) is 30.3 Å². The lowest BCUT2D eigenvalue weighted by Crippen LogP contribution is -2.32. The van der Waals surface area contributed by atoms with Gasteiger partial charge in [-0.3, -0.25) is 9.10 Å². The zero-order valence-corrected chi connectivity index (χ0v) is 19.5. The van der Waals surface area contributed by atoms with E-state index in [2.05, 4.69) is 5.32 Å². The summed E-state index contributed by atoms with van der Waals surface area (Å²) in [6, 6.07) is 8.16. The van der Waals surface area contributed by atoms with Crippen molar-refractivity contribution in [2.24, 2.45) is 0 Å². The standard InChI is InChI=1S/C20H24Cl2N2O5S/c1-13-7-8-14(21)10-17(13)24(30(4,26)27)9-5-6-20(25)23-16-12-18(28-2)15(22)11-19(16)29-3/h7-8,10-12H,5-6,9H2,1-4H3,(H,23,25). The number of ether oxygens (including phenoxy) is 2. The number of nitrogens with zero attached hydrogens (tertiary/aromatic N) is 1. The van der Waals surface area contributed by atoms with E-state index in [1.165, 1.54) is 18.5 Å². The third-order valence-electron chi connectivity index (χ3n) is 4.35. The summed E-state index contributed by atoms with van der Waals surface area (Å²) < 4.78 is 36.2. The Balaban J connectivity index is 2.09. The Morgan fingerprint density at radius 2 is 1.77 bits per heavy atom. The van der Waals surface area contributed by atoms with Crippen LogP contribution in [0.4, 0.5) is 11.4 Å². The van der Waals surface area contributed by atoms with Gasteiger partial charge in [0.2, 0.25) is 15.9 Å². The van der Waals surface area contributed by atoms with E-state index in [9.17, 15) is 13.2 Å². The first-order valence-electron chi connectivity index (χ1n) is 9.02. The van der Waals surface area contributed by atoms with Crippen LogP contribution < -0.4 is 19.1 Å². The second-order valence-electron chi connectivity index (χ2n) is 6.60. The van der Waals surface area contributed by atoms with Crippen LogP contribution in [0, 0.1) is 6.92 Å². The molecule has 0 aliphatic carbocycles. The van der Waals surface area contributed by atoms with Crippen molar-refractivity contribution in [1.29, 1.82) is 0 Å². The van der Waals surface area contributed by atoms with Crippen molar-refractivity contribution in [3.05, 3.63) is 45.9 Å². The molecule has 0 fully saturated rings. The van der Waals surface area contributed by atoms with Gasteiger partial charge in [-0.05, 0) is 31.0 Å². The molecule has 10 heteroatoms. The predicted octanol–water partition coefficient (Wildman–Crippen LogP) is 4.50. The largest absolute Gasteiger partial charge is 0.495 e. The Morgan fingerprint density at radius 3 is 2.37 bits per heavy atom. The van der Waals surface area contributed by atoms with Crippen LogP contribution >= 0.6 is 23.2 Å². The number of sulfonamides is 1. The minimum atomic E-state index is -3.55. The van der Waals surface area contributed by atoms with Crippen LogP contribution in [-0.2, 0) is 14.8 Å². The van der Waals surface area contributed by atoms with Crippen molar-refractivity contribution in [3.63, 3.8) is 0 Å². The van der Waals surface area contributed by atoms with E-state index in [-0.39, 0.29) is 18.9 Å². The van der Waals surface area contributed by atoms with Gasteiger partial charge in [0.25, 0.3) is 0 Å². The number of carbonyl (C=O) groups excluding carboxylic acids is 1. The topological polar surface area (TPSA) is 84.9 Å². The normalized spacial score (nSPS) is 11.1. The molecule has 0 atom stereocenters. The number of nitrogens with one attached hydrogen (secondary N) is 1. The molecular weight excluding hydrogens is 451 g/mol. The van der Waals surface area contributed by atoms with Gasteiger partial charge in [0, 0.05) is 30.1 Å². The Hall–Kier alpha value is -2.16. The second-order valence-corrected chi connectivity index (χ2v) is 9.36. The van der Waals surface area contributed by atoms with Crippen molar-refractivity contribution in [3.8, 4) is 11.5 Å². The number of hydrogen-bond donors (Lipinski definition) is 1. The van der Waals surface area contributed by atoms with Gasteiger partial charge in [0.15, 0.2) is 0 Å². The Kier molecular flexibility index (Phi) is 8.23. The van der Waals surface area contributed by atoms with E-state index in [1.54, 1.807) is 37.3 Å².